The third kappa shape index (κ3) is 4.44. The van der Waals surface area contributed by atoms with Crippen LogP contribution in [0.2, 0.25) is 0 Å². The summed E-state index contributed by atoms with van der Waals surface area (Å²) in [5.41, 5.74) is 2.34. The van der Waals surface area contributed by atoms with Crippen LogP contribution >= 0.6 is 34.2 Å². The van der Waals surface area contributed by atoms with Crippen molar-refractivity contribution in [2.24, 2.45) is 10.2 Å². The first-order valence-corrected chi connectivity index (χ1v) is 7.91. The Kier molecular flexibility index (Phi) is 5.58. The predicted octanol–water partition coefficient (Wildman–Crippen LogP) is 5.10. The molecule has 2 aromatic carbocycles. The van der Waals surface area contributed by atoms with E-state index in [1.54, 1.807) is 48.5 Å². The van der Waals surface area contributed by atoms with Crippen LogP contribution in [0.25, 0.3) is 0 Å². The van der Waals surface area contributed by atoms with Crippen molar-refractivity contribution in [3.8, 4) is 0 Å². The van der Waals surface area contributed by atoms with Crippen molar-refractivity contribution in [1.29, 1.82) is 0 Å². The minimum Gasteiger partial charge on any atom is -0.293 e. The van der Waals surface area contributed by atoms with Crippen LogP contribution in [-0.2, 0) is 0 Å². The zero-order chi connectivity index (χ0) is 15.2. The predicted molar refractivity (Wildman–Crippen MR) is 90.5 cm³/mol. The van der Waals surface area contributed by atoms with Gasteiger partial charge in [0.05, 0.1) is 15.8 Å². The summed E-state index contributed by atoms with van der Waals surface area (Å²) in [5, 5.41) is 7.62. The molecule has 4 nitrogen and oxygen atoms in total. The van der Waals surface area contributed by atoms with Gasteiger partial charge in [0.15, 0.2) is 5.78 Å². The van der Waals surface area contributed by atoms with Crippen molar-refractivity contribution in [2.45, 2.75) is 0 Å². The maximum atomic E-state index is 11.5. The number of Topliss-reactive ketones (excluding diaryl/α,β-unsaturated/α-hetero) is 1. The smallest absolute Gasteiger partial charge is 0.252 e. The van der Waals surface area contributed by atoms with Gasteiger partial charge in [-0.3, -0.25) is 9.59 Å². The number of carbonyl (C=O) groups is 2. The van der Waals surface area contributed by atoms with E-state index in [9.17, 15) is 9.59 Å². The summed E-state index contributed by atoms with van der Waals surface area (Å²) in [6.07, 6.45) is 0. The highest BCUT2D eigenvalue weighted by Gasteiger charge is 2.03. The van der Waals surface area contributed by atoms with Gasteiger partial charge in [0, 0.05) is 11.1 Å². The van der Waals surface area contributed by atoms with Crippen molar-refractivity contribution >= 4 is 56.6 Å². The van der Waals surface area contributed by atoms with Crippen molar-refractivity contribution in [2.75, 3.05) is 4.43 Å². The Balaban J connectivity index is 2.10. The van der Waals surface area contributed by atoms with Gasteiger partial charge in [-0.25, -0.2) is 0 Å². The van der Waals surface area contributed by atoms with Crippen LogP contribution in [0.4, 0.5) is 11.4 Å². The van der Waals surface area contributed by atoms with Crippen molar-refractivity contribution < 1.29 is 9.59 Å². The first kappa shape index (κ1) is 15.8. The molecule has 0 aliphatic heterocycles. The van der Waals surface area contributed by atoms with Crippen LogP contribution in [0.3, 0.4) is 0 Å². The summed E-state index contributed by atoms with van der Waals surface area (Å²) in [4.78, 5) is 22.4. The second-order valence-corrected chi connectivity index (χ2v) is 5.23. The highest BCUT2D eigenvalue weighted by atomic mass is 127. The summed E-state index contributed by atoms with van der Waals surface area (Å²) in [5.74, 6) is 0.0837. The lowest BCUT2D eigenvalue weighted by Gasteiger charge is -1.98. The van der Waals surface area contributed by atoms with Crippen molar-refractivity contribution in [1.82, 2.24) is 0 Å². The fourth-order valence-corrected chi connectivity index (χ4v) is 2.13. The molecule has 0 saturated heterocycles. The number of azo groups is 1. The van der Waals surface area contributed by atoms with E-state index in [1.807, 2.05) is 22.6 Å². The Morgan fingerprint density at radius 2 is 1.29 bits per heavy atom. The van der Waals surface area contributed by atoms with Crippen LogP contribution in [0, 0.1) is 0 Å². The molecule has 0 atom stereocenters. The van der Waals surface area contributed by atoms with E-state index in [2.05, 4.69) is 10.2 Å². The normalized spacial score (nSPS) is 10.8. The fourth-order valence-electron chi connectivity index (χ4n) is 1.57. The molecule has 0 bridgehead atoms. The van der Waals surface area contributed by atoms with Gasteiger partial charge in [-0.05, 0) is 60.1 Å². The third-order valence-corrected chi connectivity index (χ3v) is 3.60. The topological polar surface area (TPSA) is 58.9 Å². The Bertz CT molecular complexity index is 682. The standard InChI is InChI=1S/C15H10ClIN2O2/c16-15(21)11-3-7-13(8-4-11)19-18-12-5-1-10(2-6-12)14(20)9-17/h1-8H,9H2/b19-18+. The molecule has 0 fully saturated rings. The monoisotopic (exact) mass is 412 g/mol. The van der Waals surface area contributed by atoms with E-state index in [0.29, 0.717) is 26.9 Å². The quantitative estimate of drug-likeness (QED) is 0.226. The molecule has 106 valence electrons. The van der Waals surface area contributed by atoms with E-state index in [1.165, 1.54) is 0 Å². The molecule has 0 unspecified atom stereocenters. The molecule has 0 radical (unpaired) electrons. The number of hydrogen-bond donors (Lipinski definition) is 0. The number of halogens is 2. The molecule has 0 heterocycles. The van der Waals surface area contributed by atoms with Gasteiger partial charge in [-0.1, -0.05) is 22.6 Å². The minimum absolute atomic E-state index is 0.0837. The van der Waals surface area contributed by atoms with Crippen molar-refractivity contribution in [3.05, 3.63) is 59.7 Å². The van der Waals surface area contributed by atoms with Gasteiger partial charge in [0.2, 0.25) is 0 Å². The van der Waals surface area contributed by atoms with Gasteiger partial charge in [0.25, 0.3) is 5.24 Å². The zero-order valence-corrected chi connectivity index (χ0v) is 13.7. The second kappa shape index (κ2) is 7.42. The first-order valence-electron chi connectivity index (χ1n) is 6.01. The average Bonchev–Trinajstić information content (AvgIpc) is 2.53. The van der Waals surface area contributed by atoms with Crippen LogP contribution in [0.5, 0.6) is 0 Å². The van der Waals surface area contributed by atoms with Gasteiger partial charge in [-0.15, -0.1) is 0 Å². The summed E-state index contributed by atoms with van der Waals surface area (Å²) in [6.45, 7) is 0. The average molecular weight is 413 g/mol. The van der Waals surface area contributed by atoms with Crippen LogP contribution in [-0.4, -0.2) is 15.5 Å². The summed E-state index contributed by atoms with van der Waals surface area (Å²) in [6, 6.07) is 13.4. The van der Waals surface area contributed by atoms with Gasteiger partial charge in [0.1, 0.15) is 0 Å². The molecule has 0 spiro atoms. The molecule has 2 aromatic rings. The number of hydrogen-bond acceptors (Lipinski definition) is 4. The van der Waals surface area contributed by atoms with Crippen LogP contribution in [0.15, 0.2) is 58.8 Å². The second-order valence-electron chi connectivity index (χ2n) is 4.12. The SMILES string of the molecule is O=C(Cl)c1ccc(/N=N/c2ccc(C(=O)CI)cc2)cc1. The number of benzene rings is 2. The lowest BCUT2D eigenvalue weighted by Crippen LogP contribution is -1.98. The molecule has 0 saturated carbocycles. The van der Waals surface area contributed by atoms with E-state index in [0.717, 1.165) is 0 Å². The van der Waals surface area contributed by atoms with Gasteiger partial charge < -0.3 is 0 Å². The van der Waals surface area contributed by atoms with E-state index in [4.69, 9.17) is 11.6 Å². The summed E-state index contributed by atoms with van der Waals surface area (Å²) < 4.78 is 0.449. The van der Waals surface area contributed by atoms with E-state index in [-0.39, 0.29) is 5.78 Å². The Morgan fingerprint density at radius 1 is 0.857 bits per heavy atom. The van der Waals surface area contributed by atoms with Gasteiger partial charge >= 0.3 is 0 Å². The highest BCUT2D eigenvalue weighted by molar-refractivity contribution is 14.1. The van der Waals surface area contributed by atoms with Crippen LogP contribution < -0.4 is 0 Å². The number of rotatable bonds is 5. The number of alkyl halides is 1. The molecule has 6 heteroatoms. The summed E-state index contributed by atoms with van der Waals surface area (Å²) >= 11 is 7.39. The molecule has 2 rings (SSSR count). The lowest BCUT2D eigenvalue weighted by molar-refractivity contribution is 0.102. The maximum absolute atomic E-state index is 11.5. The Labute approximate surface area is 140 Å². The first-order chi connectivity index (χ1) is 10.1. The fraction of sp³-hybridized carbons (Fsp3) is 0.0667. The molecule has 0 amide bonds. The molecule has 21 heavy (non-hydrogen) atoms. The minimum atomic E-state index is -0.506. The molecular weight excluding hydrogens is 403 g/mol. The van der Waals surface area contributed by atoms with Gasteiger partial charge in [-0.2, -0.15) is 10.2 Å². The largest absolute Gasteiger partial charge is 0.293 e. The van der Waals surface area contributed by atoms with Crippen LogP contribution in [0.1, 0.15) is 20.7 Å². The molecule has 0 aliphatic rings. The molecule has 0 aromatic heterocycles. The zero-order valence-electron chi connectivity index (χ0n) is 10.8. The number of ketones is 1. The number of nitrogens with zero attached hydrogens (tertiary/aromatic N) is 2. The Hall–Kier alpha value is -1.60. The molecular formula is C15H10ClIN2O2. The highest BCUT2D eigenvalue weighted by Crippen LogP contribution is 2.20. The summed E-state index contributed by atoms with van der Waals surface area (Å²) in [7, 11) is 0. The lowest BCUT2D eigenvalue weighted by atomic mass is 10.1. The van der Waals surface area contributed by atoms with E-state index < -0.39 is 5.24 Å². The third-order valence-electron chi connectivity index (χ3n) is 2.69. The van der Waals surface area contributed by atoms with E-state index >= 15 is 0 Å². The molecule has 0 N–H and O–H groups in total. The van der Waals surface area contributed by atoms with Crippen molar-refractivity contribution in [3.63, 3.8) is 0 Å². The number of carbonyl (C=O) groups excluding carboxylic acids is 2. The molecule has 0 aliphatic carbocycles. The Morgan fingerprint density at radius 3 is 1.67 bits per heavy atom. The maximum Gasteiger partial charge on any atom is 0.252 e.